The molecule has 21 heavy (non-hydrogen) atoms. The third kappa shape index (κ3) is 3.82. The van der Waals surface area contributed by atoms with E-state index in [1.165, 1.54) is 18.4 Å². The summed E-state index contributed by atoms with van der Waals surface area (Å²) >= 11 is 1.28. The lowest BCUT2D eigenvalue weighted by Crippen LogP contribution is -2.20. The molecule has 110 valence electrons. The van der Waals surface area contributed by atoms with Crippen LogP contribution >= 0.6 is 11.3 Å². The molecule has 2 rings (SSSR count). The van der Waals surface area contributed by atoms with Gasteiger partial charge in [0.1, 0.15) is 4.88 Å². The smallest absolute Gasteiger partial charge is 0.350 e. The molecule has 0 bridgehead atoms. The van der Waals surface area contributed by atoms with E-state index in [1.54, 1.807) is 6.07 Å². The highest BCUT2D eigenvalue weighted by atomic mass is 32.1. The average molecular weight is 304 g/mol. The normalized spacial score (nSPS) is 10.0. The van der Waals surface area contributed by atoms with Crippen LogP contribution in [0.1, 0.15) is 20.1 Å². The number of rotatable bonds is 3. The maximum Gasteiger partial charge on any atom is 0.350 e. The zero-order valence-corrected chi connectivity index (χ0v) is 12.8. The van der Waals surface area contributed by atoms with Gasteiger partial charge in [-0.25, -0.2) is 9.59 Å². The van der Waals surface area contributed by atoms with E-state index in [-0.39, 0.29) is 0 Å². The highest BCUT2D eigenvalue weighted by Gasteiger charge is 2.17. The van der Waals surface area contributed by atoms with Crippen molar-refractivity contribution in [3.05, 3.63) is 45.6 Å². The number of benzene rings is 1. The summed E-state index contributed by atoms with van der Waals surface area (Å²) in [4.78, 5) is 24.9. The predicted molar refractivity (Wildman–Crippen MR) is 84.2 cm³/mol. The predicted octanol–water partition coefficient (Wildman–Crippen LogP) is 3.80. The Morgan fingerprint density at radius 1 is 1.10 bits per heavy atom. The van der Waals surface area contributed by atoms with Gasteiger partial charge in [0.05, 0.1) is 12.8 Å². The highest BCUT2D eigenvalue weighted by molar-refractivity contribution is 7.14. The number of amides is 2. The van der Waals surface area contributed by atoms with Crippen molar-refractivity contribution in [2.75, 3.05) is 17.7 Å². The number of nitrogens with one attached hydrogen (secondary N) is 2. The fraction of sp³-hybridized carbons (Fsp3) is 0.200. The van der Waals surface area contributed by atoms with Crippen LogP contribution in [-0.2, 0) is 4.74 Å². The van der Waals surface area contributed by atoms with E-state index in [2.05, 4.69) is 10.6 Å². The maximum atomic E-state index is 12.0. The molecule has 0 unspecified atom stereocenters. The van der Waals surface area contributed by atoms with Gasteiger partial charge < -0.3 is 15.4 Å². The molecule has 0 saturated carbocycles. The number of urea groups is 1. The first-order valence-corrected chi connectivity index (χ1v) is 7.14. The van der Waals surface area contributed by atoms with Gasteiger partial charge in [-0.15, -0.1) is 11.3 Å². The van der Waals surface area contributed by atoms with Gasteiger partial charge in [-0.3, -0.25) is 0 Å². The van der Waals surface area contributed by atoms with E-state index in [4.69, 9.17) is 4.74 Å². The molecule has 0 saturated heterocycles. The van der Waals surface area contributed by atoms with Crippen LogP contribution < -0.4 is 10.6 Å². The van der Waals surface area contributed by atoms with E-state index >= 15 is 0 Å². The van der Waals surface area contributed by atoms with Gasteiger partial charge in [-0.1, -0.05) is 17.7 Å². The van der Waals surface area contributed by atoms with Crippen LogP contribution in [0.25, 0.3) is 0 Å². The van der Waals surface area contributed by atoms with E-state index in [9.17, 15) is 9.59 Å². The summed E-state index contributed by atoms with van der Waals surface area (Å²) in [7, 11) is 1.31. The van der Waals surface area contributed by atoms with Crippen molar-refractivity contribution in [1.82, 2.24) is 0 Å². The molecule has 0 fully saturated rings. The Labute approximate surface area is 126 Å². The van der Waals surface area contributed by atoms with Gasteiger partial charge in [-0.2, -0.15) is 0 Å². The monoisotopic (exact) mass is 304 g/mol. The molecule has 1 aromatic carbocycles. The first kappa shape index (κ1) is 15.1. The number of anilines is 2. The van der Waals surface area contributed by atoms with Gasteiger partial charge in [0.15, 0.2) is 0 Å². The Kier molecular flexibility index (Phi) is 4.59. The number of ether oxygens (including phenoxy) is 1. The first-order chi connectivity index (χ1) is 9.99. The Hall–Kier alpha value is -2.34. The van der Waals surface area contributed by atoms with Crippen molar-refractivity contribution >= 4 is 34.7 Å². The topological polar surface area (TPSA) is 67.4 Å². The molecule has 5 nitrogen and oxygen atoms in total. The average Bonchev–Trinajstić information content (AvgIpc) is 2.81. The lowest BCUT2D eigenvalue weighted by molar-refractivity contribution is 0.0607. The van der Waals surface area contributed by atoms with Crippen molar-refractivity contribution in [1.29, 1.82) is 0 Å². The Morgan fingerprint density at radius 3 is 2.38 bits per heavy atom. The Morgan fingerprint density at radius 2 is 1.76 bits per heavy atom. The summed E-state index contributed by atoms with van der Waals surface area (Å²) in [5.41, 5.74) is 2.25. The minimum absolute atomic E-state index is 0.383. The van der Waals surface area contributed by atoms with E-state index in [1.807, 2.05) is 38.1 Å². The van der Waals surface area contributed by atoms with E-state index < -0.39 is 12.0 Å². The fourth-order valence-corrected chi connectivity index (χ4v) is 2.66. The molecule has 0 aliphatic heterocycles. The highest BCUT2D eigenvalue weighted by Crippen LogP contribution is 2.27. The quantitative estimate of drug-likeness (QED) is 0.848. The number of carbonyl (C=O) groups is 2. The molecule has 0 radical (unpaired) electrons. The number of hydrogen-bond donors (Lipinski definition) is 2. The summed E-state index contributed by atoms with van der Waals surface area (Å²) in [6.45, 7) is 3.83. The molecule has 0 spiro atoms. The molecule has 0 aliphatic rings. The van der Waals surface area contributed by atoms with Crippen LogP contribution in [0, 0.1) is 13.8 Å². The number of aryl methyl sites for hydroxylation is 2. The van der Waals surface area contributed by atoms with Crippen molar-refractivity contribution in [3.63, 3.8) is 0 Å². The first-order valence-electron chi connectivity index (χ1n) is 6.33. The lowest BCUT2D eigenvalue weighted by atomic mass is 10.2. The molecule has 2 N–H and O–H groups in total. The maximum absolute atomic E-state index is 12.0. The van der Waals surface area contributed by atoms with Gasteiger partial charge >= 0.3 is 12.0 Å². The second-order valence-electron chi connectivity index (χ2n) is 4.54. The number of methoxy groups -OCH3 is 1. The molecular weight excluding hydrogens is 288 g/mol. The number of thiophene rings is 1. The number of hydrogen-bond acceptors (Lipinski definition) is 4. The van der Waals surface area contributed by atoms with Crippen molar-refractivity contribution in [2.45, 2.75) is 13.8 Å². The second kappa shape index (κ2) is 6.41. The third-order valence-electron chi connectivity index (χ3n) is 2.78. The second-order valence-corrected chi connectivity index (χ2v) is 5.79. The summed E-state index contributed by atoms with van der Waals surface area (Å²) in [5.74, 6) is -0.460. The standard InChI is InChI=1S/C15H16N2O3S/c1-9-4-6-11(7-5-9)16-15(19)17-12-8-10(2)21-13(12)14(18)20-3/h4-8H,1-3H3,(H2,16,17,19). The van der Waals surface area contributed by atoms with Crippen LogP contribution in [0.3, 0.4) is 0 Å². The molecule has 2 aromatic rings. The zero-order chi connectivity index (χ0) is 15.4. The molecule has 0 aliphatic carbocycles. The third-order valence-corrected chi connectivity index (χ3v) is 3.81. The van der Waals surface area contributed by atoms with Gasteiger partial charge in [0.2, 0.25) is 0 Å². The van der Waals surface area contributed by atoms with Crippen molar-refractivity contribution in [2.24, 2.45) is 0 Å². The zero-order valence-electron chi connectivity index (χ0n) is 12.0. The fourth-order valence-electron chi connectivity index (χ4n) is 1.77. The molecule has 2 amide bonds. The van der Waals surface area contributed by atoms with Crippen LogP contribution in [0.5, 0.6) is 0 Å². The SMILES string of the molecule is COC(=O)c1sc(C)cc1NC(=O)Nc1ccc(C)cc1. The van der Waals surface area contributed by atoms with Crippen LogP contribution in [0.15, 0.2) is 30.3 Å². The number of esters is 1. The molecule has 6 heteroatoms. The summed E-state index contributed by atoms with van der Waals surface area (Å²) in [6.07, 6.45) is 0. The molecule has 0 atom stereocenters. The Balaban J connectivity index is 2.09. The van der Waals surface area contributed by atoms with Crippen LogP contribution in [-0.4, -0.2) is 19.1 Å². The largest absolute Gasteiger partial charge is 0.465 e. The Bertz CT molecular complexity index is 662. The van der Waals surface area contributed by atoms with Crippen LogP contribution in [0.2, 0.25) is 0 Å². The molecule has 1 heterocycles. The van der Waals surface area contributed by atoms with Gasteiger partial charge in [-0.05, 0) is 32.0 Å². The lowest BCUT2D eigenvalue weighted by Gasteiger charge is -2.08. The minimum atomic E-state index is -0.460. The van der Waals surface area contributed by atoms with Crippen LogP contribution in [0.4, 0.5) is 16.2 Å². The molecular formula is C15H16N2O3S. The summed E-state index contributed by atoms with van der Waals surface area (Å²) < 4.78 is 4.70. The van der Waals surface area contributed by atoms with Gasteiger partial charge in [0, 0.05) is 10.6 Å². The van der Waals surface area contributed by atoms with E-state index in [0.29, 0.717) is 16.3 Å². The van der Waals surface area contributed by atoms with Crippen molar-refractivity contribution in [3.8, 4) is 0 Å². The van der Waals surface area contributed by atoms with E-state index in [0.717, 1.165) is 10.4 Å². The summed E-state index contributed by atoms with van der Waals surface area (Å²) in [6, 6.07) is 8.78. The van der Waals surface area contributed by atoms with Crippen molar-refractivity contribution < 1.29 is 14.3 Å². The minimum Gasteiger partial charge on any atom is -0.465 e. The number of carbonyl (C=O) groups excluding carboxylic acids is 2. The van der Waals surface area contributed by atoms with Gasteiger partial charge in [0.25, 0.3) is 0 Å². The summed E-state index contributed by atoms with van der Waals surface area (Å²) in [5, 5.41) is 5.38. The molecule has 1 aromatic heterocycles.